The Morgan fingerprint density at radius 3 is 2.53 bits per heavy atom. The fourth-order valence-corrected chi connectivity index (χ4v) is 2.45. The Kier molecular flexibility index (Phi) is 2.87. The van der Waals surface area contributed by atoms with Gasteiger partial charge in [0, 0.05) is 30.0 Å². The summed E-state index contributed by atoms with van der Waals surface area (Å²) in [5, 5.41) is 3.28. The Bertz CT molecular complexity index is 623. The molecule has 0 aliphatic carbocycles. The highest BCUT2D eigenvalue weighted by Gasteiger charge is 2.14. The summed E-state index contributed by atoms with van der Waals surface area (Å²) in [7, 11) is 0. The molecule has 0 spiro atoms. The zero-order chi connectivity index (χ0) is 13.4. The minimum Gasteiger partial charge on any atom is -0.309 e. The first-order valence-corrected chi connectivity index (χ1v) is 6.44. The Morgan fingerprint density at radius 2 is 1.79 bits per heavy atom. The van der Waals surface area contributed by atoms with Crippen LogP contribution in [0.5, 0.6) is 0 Å². The van der Waals surface area contributed by atoms with E-state index in [1.807, 2.05) is 48.9 Å². The Balaban J connectivity index is 1.85. The van der Waals surface area contributed by atoms with E-state index in [0.29, 0.717) is 5.56 Å². The van der Waals surface area contributed by atoms with Gasteiger partial charge in [0.05, 0.1) is 0 Å². The van der Waals surface area contributed by atoms with E-state index in [9.17, 15) is 4.79 Å². The zero-order valence-corrected chi connectivity index (χ0v) is 11.2. The molecule has 0 unspecified atom stereocenters. The monoisotopic (exact) mass is 255 g/mol. The third kappa shape index (κ3) is 2.15. The van der Waals surface area contributed by atoms with Crippen molar-refractivity contribution < 1.29 is 4.79 Å². The summed E-state index contributed by atoms with van der Waals surface area (Å²) >= 11 is 0. The van der Waals surface area contributed by atoms with Crippen LogP contribution in [0.15, 0.2) is 30.3 Å². The topological polar surface area (TPSA) is 46.1 Å². The molecule has 3 rings (SSSR count). The number of nitrogens with one attached hydrogen (secondary N) is 2. The molecular weight excluding hydrogens is 238 g/mol. The van der Waals surface area contributed by atoms with Gasteiger partial charge in [0.2, 0.25) is 0 Å². The molecule has 98 valence electrons. The number of aryl methyl sites for hydroxylation is 2. The van der Waals surface area contributed by atoms with Crippen LogP contribution in [0.1, 0.15) is 32.9 Å². The van der Waals surface area contributed by atoms with Crippen molar-refractivity contribution in [3.05, 3.63) is 58.4 Å². The van der Waals surface area contributed by atoms with Gasteiger partial charge in [-0.2, -0.15) is 0 Å². The van der Waals surface area contributed by atoms with Gasteiger partial charge in [-0.25, -0.2) is 0 Å². The van der Waals surface area contributed by atoms with E-state index in [0.717, 1.165) is 24.5 Å². The number of carbonyl (C=O) groups excluding carboxylic acids is 1. The first-order valence-electron chi connectivity index (χ1n) is 6.44. The number of fused-ring (bicyclic) bond motifs is 1. The lowest BCUT2D eigenvalue weighted by Gasteiger charge is -2.11. The molecular formula is C15H17N3O. The van der Waals surface area contributed by atoms with E-state index in [1.165, 1.54) is 11.1 Å². The largest absolute Gasteiger partial charge is 0.309 e. The van der Waals surface area contributed by atoms with Crippen molar-refractivity contribution in [2.45, 2.75) is 26.9 Å². The highest BCUT2D eigenvalue weighted by atomic mass is 16.2. The van der Waals surface area contributed by atoms with Gasteiger partial charge in [0.1, 0.15) is 0 Å². The van der Waals surface area contributed by atoms with E-state index >= 15 is 0 Å². The lowest BCUT2D eigenvalue weighted by atomic mass is 10.1. The van der Waals surface area contributed by atoms with Crippen LogP contribution in [-0.2, 0) is 13.1 Å². The van der Waals surface area contributed by atoms with Gasteiger partial charge in [0.25, 0.3) is 5.91 Å². The van der Waals surface area contributed by atoms with Gasteiger partial charge in [-0.05, 0) is 49.2 Å². The number of carbonyl (C=O) groups is 1. The maximum atomic E-state index is 12.3. The molecule has 2 heterocycles. The minimum absolute atomic E-state index is 0.0721. The van der Waals surface area contributed by atoms with Crippen molar-refractivity contribution >= 4 is 5.91 Å². The van der Waals surface area contributed by atoms with Crippen molar-refractivity contribution in [1.29, 1.82) is 0 Å². The summed E-state index contributed by atoms with van der Waals surface area (Å²) in [6, 6.07) is 9.86. The number of benzene rings is 1. The third-order valence-corrected chi connectivity index (χ3v) is 3.58. The molecule has 2 N–H and O–H groups in total. The molecule has 1 aromatic heterocycles. The average Bonchev–Trinajstić information content (AvgIpc) is 2.99. The fourth-order valence-electron chi connectivity index (χ4n) is 2.45. The molecule has 1 aliphatic heterocycles. The molecule has 4 heteroatoms. The number of hydrogen-bond donors (Lipinski definition) is 2. The van der Waals surface area contributed by atoms with Gasteiger partial charge in [0.15, 0.2) is 0 Å². The van der Waals surface area contributed by atoms with Gasteiger partial charge in [-0.1, -0.05) is 6.07 Å². The molecule has 0 bridgehead atoms. The van der Waals surface area contributed by atoms with E-state index < -0.39 is 0 Å². The first-order chi connectivity index (χ1) is 9.15. The number of nitrogens with zero attached hydrogens (tertiary/aromatic N) is 1. The smallest absolute Gasteiger partial charge is 0.270 e. The molecule has 0 saturated carbocycles. The number of amides is 1. The van der Waals surface area contributed by atoms with E-state index in [2.05, 4.69) is 10.7 Å². The Morgan fingerprint density at radius 1 is 1.11 bits per heavy atom. The number of hydrogen-bond acceptors (Lipinski definition) is 2. The molecule has 2 aromatic rings. The summed E-state index contributed by atoms with van der Waals surface area (Å²) in [5.74, 6) is -0.0721. The van der Waals surface area contributed by atoms with Gasteiger partial charge in [-0.15, -0.1) is 0 Å². The summed E-state index contributed by atoms with van der Waals surface area (Å²) in [4.78, 5) is 12.3. The van der Waals surface area contributed by atoms with Crippen LogP contribution in [0.2, 0.25) is 0 Å². The van der Waals surface area contributed by atoms with Gasteiger partial charge >= 0.3 is 0 Å². The summed E-state index contributed by atoms with van der Waals surface area (Å²) < 4.78 is 1.81. The molecule has 0 saturated heterocycles. The van der Waals surface area contributed by atoms with Crippen LogP contribution >= 0.6 is 0 Å². The highest BCUT2D eigenvalue weighted by molar-refractivity contribution is 6.00. The number of rotatable bonds is 2. The lowest BCUT2D eigenvalue weighted by molar-refractivity contribution is 0.101. The third-order valence-electron chi connectivity index (χ3n) is 3.58. The van der Waals surface area contributed by atoms with Gasteiger partial charge in [-0.3, -0.25) is 14.9 Å². The van der Waals surface area contributed by atoms with Crippen LogP contribution in [0.25, 0.3) is 0 Å². The van der Waals surface area contributed by atoms with Crippen LogP contribution in [0.3, 0.4) is 0 Å². The predicted octanol–water partition coefficient (Wildman–Crippen LogP) is 2.09. The Hall–Kier alpha value is -2.07. The predicted molar refractivity (Wildman–Crippen MR) is 74.6 cm³/mol. The molecule has 1 amide bonds. The van der Waals surface area contributed by atoms with Crippen LogP contribution in [0.4, 0.5) is 0 Å². The van der Waals surface area contributed by atoms with E-state index in [1.54, 1.807) is 0 Å². The normalized spacial score (nSPS) is 13.4. The minimum atomic E-state index is -0.0721. The molecule has 19 heavy (non-hydrogen) atoms. The first kappa shape index (κ1) is 12.0. The van der Waals surface area contributed by atoms with Crippen molar-refractivity contribution in [1.82, 2.24) is 9.99 Å². The van der Waals surface area contributed by atoms with Crippen molar-refractivity contribution in [3.8, 4) is 0 Å². The number of aromatic nitrogens is 1. The van der Waals surface area contributed by atoms with Crippen LogP contribution < -0.4 is 10.7 Å². The van der Waals surface area contributed by atoms with Crippen LogP contribution in [0, 0.1) is 13.8 Å². The second-order valence-electron chi connectivity index (χ2n) is 4.98. The van der Waals surface area contributed by atoms with Crippen molar-refractivity contribution in [2.75, 3.05) is 5.43 Å². The summed E-state index contributed by atoms with van der Waals surface area (Å²) in [6.07, 6.45) is 0. The maximum absolute atomic E-state index is 12.3. The quantitative estimate of drug-likeness (QED) is 0.863. The lowest BCUT2D eigenvalue weighted by Crippen LogP contribution is -2.24. The molecule has 1 aromatic carbocycles. The molecule has 0 atom stereocenters. The molecule has 1 aliphatic rings. The Labute approximate surface area is 112 Å². The van der Waals surface area contributed by atoms with E-state index in [4.69, 9.17) is 0 Å². The average molecular weight is 255 g/mol. The second-order valence-corrected chi connectivity index (χ2v) is 4.98. The standard InChI is InChI=1S/C15H17N3O/c1-10-3-4-11(2)18(10)17-15(19)12-5-6-13-8-16-9-14(13)7-12/h3-7,16H,8-9H2,1-2H3,(H,17,19). The molecule has 4 nitrogen and oxygen atoms in total. The SMILES string of the molecule is Cc1ccc(C)n1NC(=O)c1ccc2c(c1)CNC2. The fraction of sp³-hybridized carbons (Fsp3) is 0.267. The summed E-state index contributed by atoms with van der Waals surface area (Å²) in [6.45, 7) is 5.69. The maximum Gasteiger partial charge on any atom is 0.270 e. The second kappa shape index (κ2) is 4.55. The van der Waals surface area contributed by atoms with Crippen LogP contribution in [-0.4, -0.2) is 10.6 Å². The zero-order valence-electron chi connectivity index (χ0n) is 11.2. The highest BCUT2D eigenvalue weighted by Crippen LogP contribution is 2.17. The molecule has 0 fully saturated rings. The van der Waals surface area contributed by atoms with Crippen molar-refractivity contribution in [3.63, 3.8) is 0 Å². The van der Waals surface area contributed by atoms with Crippen molar-refractivity contribution in [2.24, 2.45) is 0 Å². The van der Waals surface area contributed by atoms with Gasteiger partial charge < -0.3 is 5.32 Å². The van der Waals surface area contributed by atoms with E-state index in [-0.39, 0.29) is 5.91 Å². The molecule has 0 radical (unpaired) electrons. The summed E-state index contributed by atoms with van der Waals surface area (Å²) in [5.41, 5.74) is 8.17.